The summed E-state index contributed by atoms with van der Waals surface area (Å²) in [5.74, 6) is 0.944. The van der Waals surface area contributed by atoms with Crippen molar-refractivity contribution in [1.29, 1.82) is 0 Å². The number of Topliss-reactive ketones (excluding diaryl/α,β-unsaturated/α-hetero) is 1. The lowest BCUT2D eigenvalue weighted by Gasteiger charge is -2.26. The highest BCUT2D eigenvalue weighted by Gasteiger charge is 2.21. The third-order valence-corrected chi connectivity index (χ3v) is 3.16. The van der Waals surface area contributed by atoms with Crippen molar-refractivity contribution < 1.29 is 14.3 Å². The predicted molar refractivity (Wildman–Crippen MR) is 72.4 cm³/mol. The van der Waals surface area contributed by atoms with Gasteiger partial charge in [-0.2, -0.15) is 0 Å². The molecule has 0 aromatic heterocycles. The van der Waals surface area contributed by atoms with Gasteiger partial charge in [0.25, 0.3) is 5.91 Å². The third-order valence-electron chi connectivity index (χ3n) is 3.16. The van der Waals surface area contributed by atoms with Crippen LogP contribution in [0.3, 0.4) is 0 Å². The SMILES string of the molecule is CCCOc1cccc(C(=O)N2CCC(=O)CC2)c1. The quantitative estimate of drug-likeness (QED) is 0.835. The average Bonchev–Trinajstić information content (AvgIpc) is 2.45. The van der Waals surface area contributed by atoms with Gasteiger partial charge in [-0.15, -0.1) is 0 Å². The molecule has 4 nitrogen and oxygen atoms in total. The van der Waals surface area contributed by atoms with Gasteiger partial charge in [-0.25, -0.2) is 0 Å². The van der Waals surface area contributed by atoms with Crippen molar-refractivity contribution in [3.63, 3.8) is 0 Å². The van der Waals surface area contributed by atoms with Crippen LogP contribution in [0.1, 0.15) is 36.5 Å². The lowest BCUT2D eigenvalue weighted by Crippen LogP contribution is -2.38. The first-order chi connectivity index (χ1) is 9.20. The molecule has 1 amide bonds. The van der Waals surface area contributed by atoms with Crippen LogP contribution in [0.25, 0.3) is 0 Å². The van der Waals surface area contributed by atoms with Crippen LogP contribution >= 0.6 is 0 Å². The Morgan fingerprint density at radius 2 is 2.05 bits per heavy atom. The highest BCUT2D eigenvalue weighted by atomic mass is 16.5. The molecule has 0 bridgehead atoms. The Morgan fingerprint density at radius 1 is 1.32 bits per heavy atom. The van der Waals surface area contributed by atoms with E-state index in [4.69, 9.17) is 4.74 Å². The number of rotatable bonds is 4. The van der Waals surface area contributed by atoms with Gasteiger partial charge >= 0.3 is 0 Å². The molecule has 1 heterocycles. The molecule has 1 aliphatic rings. The van der Waals surface area contributed by atoms with Gasteiger partial charge in [-0.05, 0) is 24.6 Å². The fourth-order valence-electron chi connectivity index (χ4n) is 2.08. The summed E-state index contributed by atoms with van der Waals surface area (Å²) < 4.78 is 5.53. The van der Waals surface area contributed by atoms with E-state index in [0.29, 0.717) is 38.1 Å². The Bertz CT molecular complexity index is 460. The fourth-order valence-corrected chi connectivity index (χ4v) is 2.08. The molecular weight excluding hydrogens is 242 g/mol. The van der Waals surface area contributed by atoms with Crippen molar-refractivity contribution in [2.45, 2.75) is 26.2 Å². The highest BCUT2D eigenvalue weighted by molar-refractivity contribution is 5.95. The summed E-state index contributed by atoms with van der Waals surface area (Å²) in [7, 11) is 0. The molecule has 0 atom stereocenters. The molecule has 0 saturated carbocycles. The minimum absolute atomic E-state index is 0.0190. The molecular formula is C15H19NO3. The Balaban J connectivity index is 2.04. The number of amides is 1. The largest absolute Gasteiger partial charge is 0.494 e. The van der Waals surface area contributed by atoms with Crippen LogP contribution < -0.4 is 4.74 Å². The Morgan fingerprint density at radius 3 is 2.74 bits per heavy atom. The molecule has 19 heavy (non-hydrogen) atoms. The van der Waals surface area contributed by atoms with Gasteiger partial charge in [0.05, 0.1) is 6.61 Å². The van der Waals surface area contributed by atoms with E-state index in [9.17, 15) is 9.59 Å². The highest BCUT2D eigenvalue weighted by Crippen LogP contribution is 2.17. The van der Waals surface area contributed by atoms with Gasteiger partial charge in [-0.3, -0.25) is 9.59 Å². The maximum Gasteiger partial charge on any atom is 0.254 e. The van der Waals surface area contributed by atoms with Crippen molar-refractivity contribution in [2.75, 3.05) is 19.7 Å². The summed E-state index contributed by atoms with van der Waals surface area (Å²) in [5.41, 5.74) is 0.628. The van der Waals surface area contributed by atoms with Gasteiger partial charge in [0.1, 0.15) is 11.5 Å². The molecule has 1 aliphatic heterocycles. The van der Waals surface area contributed by atoms with Gasteiger partial charge in [0, 0.05) is 31.5 Å². The zero-order valence-electron chi connectivity index (χ0n) is 11.2. The third kappa shape index (κ3) is 3.56. The molecule has 102 valence electrons. The van der Waals surface area contributed by atoms with Crippen LogP contribution in [0.2, 0.25) is 0 Å². The van der Waals surface area contributed by atoms with Crippen molar-refractivity contribution in [1.82, 2.24) is 4.90 Å². The molecule has 0 unspecified atom stereocenters. The molecule has 1 aromatic carbocycles. The van der Waals surface area contributed by atoms with Crippen molar-refractivity contribution in [3.05, 3.63) is 29.8 Å². The molecule has 0 aliphatic carbocycles. The Labute approximate surface area is 113 Å². The van der Waals surface area contributed by atoms with Crippen LogP contribution in [-0.2, 0) is 4.79 Å². The first kappa shape index (κ1) is 13.6. The normalized spacial score (nSPS) is 15.4. The first-order valence-corrected chi connectivity index (χ1v) is 6.74. The van der Waals surface area contributed by atoms with E-state index >= 15 is 0 Å². The van der Waals surface area contributed by atoms with Crippen LogP contribution in [0, 0.1) is 0 Å². The zero-order valence-corrected chi connectivity index (χ0v) is 11.2. The van der Waals surface area contributed by atoms with E-state index in [-0.39, 0.29) is 11.7 Å². The minimum atomic E-state index is -0.0190. The Hall–Kier alpha value is -1.84. The number of benzene rings is 1. The van der Waals surface area contributed by atoms with Crippen LogP contribution in [0.4, 0.5) is 0 Å². The summed E-state index contributed by atoms with van der Waals surface area (Å²) in [5, 5.41) is 0. The summed E-state index contributed by atoms with van der Waals surface area (Å²) >= 11 is 0. The molecule has 0 spiro atoms. The van der Waals surface area contributed by atoms with E-state index in [1.54, 1.807) is 17.0 Å². The first-order valence-electron chi connectivity index (χ1n) is 6.74. The summed E-state index contributed by atoms with van der Waals surface area (Å²) in [6.45, 7) is 3.74. The van der Waals surface area contributed by atoms with Crippen LogP contribution in [-0.4, -0.2) is 36.3 Å². The minimum Gasteiger partial charge on any atom is -0.494 e. The summed E-state index contributed by atoms with van der Waals surface area (Å²) in [4.78, 5) is 25.2. The lowest BCUT2D eigenvalue weighted by molar-refractivity contribution is -0.120. The number of hydrogen-bond acceptors (Lipinski definition) is 3. The lowest BCUT2D eigenvalue weighted by atomic mass is 10.1. The summed E-state index contributed by atoms with van der Waals surface area (Å²) in [6.07, 6.45) is 1.88. The second-order valence-corrected chi connectivity index (χ2v) is 4.71. The maximum absolute atomic E-state index is 12.3. The zero-order chi connectivity index (χ0) is 13.7. The van der Waals surface area contributed by atoms with Crippen LogP contribution in [0.15, 0.2) is 24.3 Å². The number of piperidine rings is 1. The van der Waals surface area contributed by atoms with Crippen LogP contribution in [0.5, 0.6) is 5.75 Å². The number of carbonyl (C=O) groups is 2. The van der Waals surface area contributed by atoms with Gasteiger partial charge in [-0.1, -0.05) is 13.0 Å². The van der Waals surface area contributed by atoms with E-state index in [1.807, 2.05) is 19.1 Å². The van der Waals surface area contributed by atoms with E-state index in [1.165, 1.54) is 0 Å². The molecule has 0 N–H and O–H groups in total. The topological polar surface area (TPSA) is 46.6 Å². The number of nitrogens with zero attached hydrogens (tertiary/aromatic N) is 1. The second-order valence-electron chi connectivity index (χ2n) is 4.71. The predicted octanol–water partition coefficient (Wildman–Crippen LogP) is 2.28. The number of hydrogen-bond donors (Lipinski definition) is 0. The van der Waals surface area contributed by atoms with Gasteiger partial charge in [0.15, 0.2) is 0 Å². The Kier molecular flexibility index (Phi) is 4.55. The van der Waals surface area contributed by atoms with Crippen molar-refractivity contribution in [2.24, 2.45) is 0 Å². The molecule has 1 aromatic rings. The fraction of sp³-hybridized carbons (Fsp3) is 0.467. The molecule has 0 radical (unpaired) electrons. The van der Waals surface area contributed by atoms with Crippen molar-refractivity contribution >= 4 is 11.7 Å². The number of carbonyl (C=O) groups excluding carboxylic acids is 2. The van der Waals surface area contributed by atoms with E-state index in [0.717, 1.165) is 12.2 Å². The number of likely N-dealkylation sites (tertiary alicyclic amines) is 1. The standard InChI is InChI=1S/C15H19NO3/c1-2-10-19-14-5-3-4-12(11-14)15(18)16-8-6-13(17)7-9-16/h3-5,11H,2,6-10H2,1H3. The molecule has 1 saturated heterocycles. The summed E-state index contributed by atoms with van der Waals surface area (Å²) in [6, 6.07) is 7.24. The molecule has 1 fully saturated rings. The number of ketones is 1. The monoisotopic (exact) mass is 261 g/mol. The van der Waals surface area contributed by atoms with Crippen molar-refractivity contribution in [3.8, 4) is 5.75 Å². The van der Waals surface area contributed by atoms with Gasteiger partial charge in [0.2, 0.25) is 0 Å². The smallest absolute Gasteiger partial charge is 0.254 e. The van der Waals surface area contributed by atoms with Gasteiger partial charge < -0.3 is 9.64 Å². The average molecular weight is 261 g/mol. The second kappa shape index (κ2) is 6.36. The van der Waals surface area contributed by atoms with E-state index < -0.39 is 0 Å². The molecule has 2 rings (SSSR count). The van der Waals surface area contributed by atoms with E-state index in [2.05, 4.69) is 0 Å². The number of ether oxygens (including phenoxy) is 1. The molecule has 4 heteroatoms. The maximum atomic E-state index is 12.3.